The van der Waals surface area contributed by atoms with E-state index in [4.69, 9.17) is 0 Å². The number of nitrogens with one attached hydrogen (secondary N) is 1. The second-order valence-electron chi connectivity index (χ2n) is 7.60. The summed E-state index contributed by atoms with van der Waals surface area (Å²) < 4.78 is 0. The lowest BCUT2D eigenvalue weighted by Gasteiger charge is -2.45. The zero-order chi connectivity index (χ0) is 17.3. The molecule has 1 spiro atoms. The molecular weight excluding hydrogens is 312 g/mol. The number of likely N-dealkylation sites (tertiary alicyclic amines) is 1. The van der Waals surface area contributed by atoms with Crippen molar-refractivity contribution < 1.29 is 4.79 Å². The van der Waals surface area contributed by atoms with Crippen molar-refractivity contribution in [3.05, 3.63) is 59.4 Å². The van der Waals surface area contributed by atoms with Gasteiger partial charge in [-0.2, -0.15) is 10.2 Å². The second kappa shape index (κ2) is 6.56. The zero-order valence-electron chi connectivity index (χ0n) is 14.6. The Morgan fingerprint density at radius 3 is 2.88 bits per heavy atom. The average Bonchev–Trinajstić information content (AvgIpc) is 3.01. The van der Waals surface area contributed by atoms with Crippen LogP contribution in [0.5, 0.6) is 0 Å². The molecule has 25 heavy (non-hydrogen) atoms. The Morgan fingerprint density at radius 2 is 2.12 bits per heavy atom. The molecule has 1 amide bonds. The van der Waals surface area contributed by atoms with Crippen molar-refractivity contribution in [1.29, 1.82) is 0 Å². The normalized spacial score (nSPS) is 25.7. The lowest BCUT2D eigenvalue weighted by atomic mass is 9.65. The third-order valence-corrected chi connectivity index (χ3v) is 5.71. The third kappa shape index (κ3) is 3.42. The maximum Gasteiger partial charge on any atom is 0.253 e. The van der Waals surface area contributed by atoms with Crippen LogP contribution >= 0.6 is 0 Å². The molecule has 2 aliphatic rings. The fourth-order valence-corrected chi connectivity index (χ4v) is 4.31. The number of hydrogen-bond acceptors (Lipinski definition) is 4. The molecule has 4 rings (SSSR count). The van der Waals surface area contributed by atoms with Crippen molar-refractivity contribution in [2.45, 2.75) is 38.8 Å². The van der Waals surface area contributed by atoms with Crippen molar-refractivity contribution >= 4 is 5.91 Å². The summed E-state index contributed by atoms with van der Waals surface area (Å²) in [7, 11) is 0. The highest BCUT2D eigenvalue weighted by Gasteiger charge is 2.48. The summed E-state index contributed by atoms with van der Waals surface area (Å²) in [6.45, 7) is 5.52. The Kier molecular flexibility index (Phi) is 4.25. The molecule has 1 N–H and O–H groups in total. The van der Waals surface area contributed by atoms with Crippen LogP contribution in [0.15, 0.2) is 42.7 Å². The van der Waals surface area contributed by atoms with E-state index in [9.17, 15) is 4.79 Å². The number of aromatic nitrogens is 2. The van der Waals surface area contributed by atoms with Crippen LogP contribution in [0.4, 0.5) is 0 Å². The van der Waals surface area contributed by atoms with Crippen molar-refractivity contribution in [3.8, 4) is 0 Å². The smallest absolute Gasteiger partial charge is 0.253 e. The van der Waals surface area contributed by atoms with Crippen molar-refractivity contribution in [3.63, 3.8) is 0 Å². The van der Waals surface area contributed by atoms with E-state index in [1.54, 1.807) is 12.3 Å². The summed E-state index contributed by atoms with van der Waals surface area (Å²) in [5.41, 5.74) is 3.78. The number of carbonyl (C=O) groups is 1. The maximum absolute atomic E-state index is 12.2. The summed E-state index contributed by atoms with van der Waals surface area (Å²) in [4.78, 5) is 14.8. The number of aryl methyl sites for hydroxylation is 1. The topological polar surface area (TPSA) is 58.1 Å². The molecule has 1 aromatic carbocycles. The molecule has 5 heteroatoms. The van der Waals surface area contributed by atoms with Crippen molar-refractivity contribution in [2.24, 2.45) is 5.41 Å². The summed E-state index contributed by atoms with van der Waals surface area (Å²) in [6, 6.07) is 10.6. The fourth-order valence-electron chi connectivity index (χ4n) is 4.31. The number of amides is 1. The largest absolute Gasteiger partial charge is 0.349 e. The van der Waals surface area contributed by atoms with E-state index in [1.165, 1.54) is 23.7 Å². The molecule has 5 nitrogen and oxygen atoms in total. The van der Waals surface area contributed by atoms with Gasteiger partial charge in [0.25, 0.3) is 5.91 Å². The van der Waals surface area contributed by atoms with E-state index in [2.05, 4.69) is 51.6 Å². The van der Waals surface area contributed by atoms with Gasteiger partial charge in [-0.3, -0.25) is 9.69 Å². The van der Waals surface area contributed by atoms with Gasteiger partial charge < -0.3 is 5.32 Å². The molecule has 1 aliphatic carbocycles. The first-order valence-electron chi connectivity index (χ1n) is 8.98. The molecule has 1 saturated carbocycles. The Hall–Kier alpha value is -2.27. The first kappa shape index (κ1) is 16.2. The molecule has 2 fully saturated rings. The van der Waals surface area contributed by atoms with Crippen LogP contribution in [0.3, 0.4) is 0 Å². The molecule has 1 saturated heterocycles. The first-order valence-corrected chi connectivity index (χ1v) is 8.98. The van der Waals surface area contributed by atoms with Crippen molar-refractivity contribution in [2.75, 3.05) is 13.1 Å². The lowest BCUT2D eigenvalue weighted by molar-refractivity contribution is 0.0693. The predicted octanol–water partition coefficient (Wildman–Crippen LogP) is 2.57. The average molecular weight is 336 g/mol. The number of benzene rings is 1. The van der Waals surface area contributed by atoms with E-state index >= 15 is 0 Å². The van der Waals surface area contributed by atoms with Crippen molar-refractivity contribution in [1.82, 2.24) is 20.4 Å². The first-order chi connectivity index (χ1) is 12.1. The minimum Gasteiger partial charge on any atom is -0.349 e. The summed E-state index contributed by atoms with van der Waals surface area (Å²) in [5.74, 6) is -0.0375. The summed E-state index contributed by atoms with van der Waals surface area (Å²) >= 11 is 0. The Balaban J connectivity index is 1.29. The number of hydrogen-bond donors (Lipinski definition) is 1. The summed E-state index contributed by atoms with van der Waals surface area (Å²) in [5, 5.41) is 10.6. The van der Waals surface area contributed by atoms with Crippen LogP contribution in [-0.2, 0) is 6.54 Å². The molecule has 130 valence electrons. The minimum absolute atomic E-state index is 0.0375. The van der Waals surface area contributed by atoms with E-state index in [1.807, 2.05) is 0 Å². The molecule has 1 aromatic heterocycles. The van der Waals surface area contributed by atoms with Gasteiger partial charge in [0.05, 0.1) is 18.0 Å². The highest BCUT2D eigenvalue weighted by molar-refractivity contribution is 5.94. The van der Waals surface area contributed by atoms with Crippen LogP contribution in [0.1, 0.15) is 40.7 Å². The van der Waals surface area contributed by atoms with Crippen LogP contribution in [0.2, 0.25) is 0 Å². The molecule has 0 atom stereocenters. The van der Waals surface area contributed by atoms with Gasteiger partial charge in [-0.25, -0.2) is 0 Å². The van der Waals surface area contributed by atoms with E-state index in [0.717, 1.165) is 32.5 Å². The van der Waals surface area contributed by atoms with Gasteiger partial charge in [-0.15, -0.1) is 0 Å². The quantitative estimate of drug-likeness (QED) is 0.932. The molecule has 1 aliphatic heterocycles. The van der Waals surface area contributed by atoms with Crippen LogP contribution < -0.4 is 5.32 Å². The molecule has 0 radical (unpaired) electrons. The third-order valence-electron chi connectivity index (χ3n) is 5.71. The van der Waals surface area contributed by atoms with E-state index in [-0.39, 0.29) is 5.91 Å². The monoisotopic (exact) mass is 336 g/mol. The minimum atomic E-state index is -0.0375. The van der Waals surface area contributed by atoms with Gasteiger partial charge in [0.2, 0.25) is 0 Å². The predicted molar refractivity (Wildman–Crippen MR) is 96.0 cm³/mol. The Bertz CT molecular complexity index is 755. The summed E-state index contributed by atoms with van der Waals surface area (Å²) in [6.07, 6.45) is 6.48. The number of rotatable bonds is 4. The molecule has 0 unspecified atom stereocenters. The SMILES string of the molecule is Cc1ccccc1CN1CCC2(CC(NC(=O)c3ccnnc3)C2)C1. The molecular formula is C20H24N4O. The van der Waals surface area contributed by atoms with Crippen LogP contribution in [0.25, 0.3) is 0 Å². The number of carbonyl (C=O) groups excluding carboxylic acids is 1. The highest BCUT2D eigenvalue weighted by atomic mass is 16.1. The number of nitrogens with zero attached hydrogens (tertiary/aromatic N) is 3. The van der Waals surface area contributed by atoms with Gasteiger partial charge in [0, 0.05) is 19.1 Å². The maximum atomic E-state index is 12.2. The highest BCUT2D eigenvalue weighted by Crippen LogP contribution is 2.48. The second-order valence-corrected chi connectivity index (χ2v) is 7.60. The molecule has 2 heterocycles. The lowest BCUT2D eigenvalue weighted by Crippen LogP contribution is -2.51. The zero-order valence-corrected chi connectivity index (χ0v) is 14.6. The van der Waals surface area contributed by atoms with E-state index in [0.29, 0.717) is 17.0 Å². The standard InChI is InChI=1S/C20H24N4O/c1-15-4-2-3-5-17(15)13-24-9-7-20(14-24)10-18(11-20)23-19(25)16-6-8-21-22-12-16/h2-6,8,12,18H,7,9-11,13-14H2,1H3,(H,23,25). The van der Waals surface area contributed by atoms with Gasteiger partial charge >= 0.3 is 0 Å². The fraction of sp³-hybridized carbons (Fsp3) is 0.450. The Labute approximate surface area is 148 Å². The van der Waals surface area contributed by atoms with Gasteiger partial charge in [0.1, 0.15) is 0 Å². The van der Waals surface area contributed by atoms with Crippen LogP contribution in [0, 0.1) is 12.3 Å². The van der Waals surface area contributed by atoms with Gasteiger partial charge in [-0.1, -0.05) is 24.3 Å². The van der Waals surface area contributed by atoms with E-state index < -0.39 is 0 Å². The van der Waals surface area contributed by atoms with Gasteiger partial charge in [-0.05, 0) is 55.3 Å². The Morgan fingerprint density at radius 1 is 1.28 bits per heavy atom. The van der Waals surface area contributed by atoms with Gasteiger partial charge in [0.15, 0.2) is 0 Å². The van der Waals surface area contributed by atoms with Crippen LogP contribution in [-0.4, -0.2) is 40.1 Å². The molecule has 2 aromatic rings. The molecule has 0 bridgehead atoms.